The number of benzene rings is 1. The predicted molar refractivity (Wildman–Crippen MR) is 98.0 cm³/mol. The van der Waals surface area contributed by atoms with E-state index in [2.05, 4.69) is 15.0 Å². The summed E-state index contributed by atoms with van der Waals surface area (Å²) in [6, 6.07) is 7.35. The molecule has 3 heterocycles. The summed E-state index contributed by atoms with van der Waals surface area (Å²) in [6.45, 7) is 3.35. The molecule has 1 amide bonds. The third-order valence-electron chi connectivity index (χ3n) is 4.74. The van der Waals surface area contributed by atoms with Gasteiger partial charge in [-0.05, 0) is 44.0 Å². The molecule has 1 aromatic carbocycles. The highest BCUT2D eigenvalue weighted by atomic mass is 35.5. The van der Waals surface area contributed by atoms with Crippen molar-refractivity contribution in [3.8, 4) is 0 Å². The number of aryl methyl sites for hydroxylation is 1. The van der Waals surface area contributed by atoms with Gasteiger partial charge in [0, 0.05) is 47.5 Å². The minimum Gasteiger partial charge on any atom is -0.348 e. The van der Waals surface area contributed by atoms with Crippen molar-refractivity contribution in [3.63, 3.8) is 0 Å². The highest BCUT2D eigenvalue weighted by Crippen LogP contribution is 2.28. The molecule has 0 bridgehead atoms. The number of aromatic amines is 1. The summed E-state index contributed by atoms with van der Waals surface area (Å²) < 4.78 is 0. The number of rotatable bonds is 2. The number of hydrogen-bond acceptors (Lipinski definition) is 3. The van der Waals surface area contributed by atoms with Gasteiger partial charge in [-0.15, -0.1) is 0 Å². The van der Waals surface area contributed by atoms with Gasteiger partial charge in [0.1, 0.15) is 5.82 Å². The molecule has 1 fully saturated rings. The monoisotopic (exact) mass is 354 g/mol. The molecule has 1 saturated heterocycles. The number of carbonyl (C=O) groups excluding carboxylic acids is 1. The van der Waals surface area contributed by atoms with Gasteiger partial charge in [0.2, 0.25) is 0 Å². The zero-order valence-electron chi connectivity index (χ0n) is 14.0. The summed E-state index contributed by atoms with van der Waals surface area (Å²) in [7, 11) is 0. The van der Waals surface area contributed by atoms with Crippen LogP contribution in [0.4, 0.5) is 0 Å². The highest BCUT2D eigenvalue weighted by Gasteiger charge is 2.27. The predicted octanol–water partition coefficient (Wildman–Crippen LogP) is 3.94. The third kappa shape index (κ3) is 3.12. The molecule has 1 aliphatic heterocycles. The van der Waals surface area contributed by atoms with Crippen LogP contribution in [0.3, 0.4) is 0 Å². The maximum Gasteiger partial charge on any atom is 0.254 e. The third-order valence-corrected chi connectivity index (χ3v) is 4.98. The molecule has 128 valence electrons. The van der Waals surface area contributed by atoms with Gasteiger partial charge in [0.05, 0.1) is 11.1 Å². The lowest BCUT2D eigenvalue weighted by molar-refractivity contribution is 0.0706. The average molecular weight is 355 g/mol. The van der Waals surface area contributed by atoms with Gasteiger partial charge in [-0.3, -0.25) is 9.78 Å². The fourth-order valence-electron chi connectivity index (χ4n) is 3.56. The normalized spacial score (nSPS) is 17.8. The van der Waals surface area contributed by atoms with Crippen LogP contribution in [0.2, 0.25) is 5.02 Å². The second-order valence-corrected chi connectivity index (χ2v) is 6.97. The number of pyridine rings is 1. The van der Waals surface area contributed by atoms with E-state index in [1.54, 1.807) is 12.3 Å². The Bertz CT molecular complexity index is 923. The highest BCUT2D eigenvalue weighted by molar-refractivity contribution is 6.31. The maximum absolute atomic E-state index is 13.2. The van der Waals surface area contributed by atoms with Crippen molar-refractivity contribution in [1.82, 2.24) is 19.9 Å². The number of H-pyrrole nitrogens is 1. The number of piperidine rings is 1. The number of hydrogen-bond donors (Lipinski definition) is 1. The van der Waals surface area contributed by atoms with E-state index in [1.165, 1.54) is 0 Å². The summed E-state index contributed by atoms with van der Waals surface area (Å²) in [6.07, 6.45) is 5.61. The molecule has 0 aliphatic carbocycles. The Labute approximate surface area is 151 Å². The number of amides is 1. The Morgan fingerprint density at radius 2 is 2.24 bits per heavy atom. The van der Waals surface area contributed by atoms with Crippen LogP contribution in [-0.2, 0) is 0 Å². The van der Waals surface area contributed by atoms with Crippen LogP contribution in [0, 0.1) is 6.92 Å². The number of nitrogens with zero attached hydrogens (tertiary/aromatic N) is 3. The van der Waals surface area contributed by atoms with Crippen LogP contribution >= 0.6 is 11.6 Å². The summed E-state index contributed by atoms with van der Waals surface area (Å²) in [5.41, 5.74) is 2.30. The van der Waals surface area contributed by atoms with E-state index in [-0.39, 0.29) is 11.8 Å². The minimum absolute atomic E-state index is 0.0361. The second kappa shape index (κ2) is 6.48. The Hall–Kier alpha value is -2.40. The van der Waals surface area contributed by atoms with Gasteiger partial charge in [-0.2, -0.15) is 0 Å². The molecule has 0 unspecified atom stereocenters. The van der Waals surface area contributed by atoms with Crippen molar-refractivity contribution >= 4 is 28.4 Å². The first-order valence-electron chi connectivity index (χ1n) is 8.47. The van der Waals surface area contributed by atoms with Gasteiger partial charge in [0.25, 0.3) is 5.91 Å². The van der Waals surface area contributed by atoms with E-state index in [0.717, 1.165) is 41.8 Å². The van der Waals surface area contributed by atoms with Crippen LogP contribution in [0.25, 0.3) is 10.9 Å². The molecular weight excluding hydrogens is 336 g/mol. The van der Waals surface area contributed by atoms with E-state index in [4.69, 9.17) is 11.6 Å². The van der Waals surface area contributed by atoms with Crippen molar-refractivity contribution in [3.05, 3.63) is 58.8 Å². The Morgan fingerprint density at radius 3 is 3.04 bits per heavy atom. The topological polar surface area (TPSA) is 61.9 Å². The van der Waals surface area contributed by atoms with Crippen molar-refractivity contribution in [2.75, 3.05) is 13.1 Å². The van der Waals surface area contributed by atoms with Crippen LogP contribution in [0.1, 0.15) is 40.6 Å². The number of fused-ring (bicyclic) bond motifs is 1. The zero-order valence-corrected chi connectivity index (χ0v) is 14.8. The maximum atomic E-state index is 13.2. The van der Waals surface area contributed by atoms with E-state index in [0.29, 0.717) is 17.1 Å². The molecule has 0 radical (unpaired) electrons. The molecule has 0 spiro atoms. The van der Waals surface area contributed by atoms with Crippen molar-refractivity contribution in [2.45, 2.75) is 25.7 Å². The van der Waals surface area contributed by atoms with Gasteiger partial charge >= 0.3 is 0 Å². The minimum atomic E-state index is 0.0361. The van der Waals surface area contributed by atoms with Crippen molar-refractivity contribution in [1.29, 1.82) is 0 Å². The van der Waals surface area contributed by atoms with E-state index in [1.807, 2.05) is 36.2 Å². The molecule has 0 saturated carbocycles. The lowest BCUT2D eigenvalue weighted by Crippen LogP contribution is -2.39. The molecule has 1 N–H and O–H groups in total. The lowest BCUT2D eigenvalue weighted by Gasteiger charge is -2.32. The smallest absolute Gasteiger partial charge is 0.254 e. The number of imidazole rings is 1. The quantitative estimate of drug-likeness (QED) is 0.758. The average Bonchev–Trinajstić information content (AvgIpc) is 3.16. The second-order valence-electron chi connectivity index (χ2n) is 6.54. The molecule has 5 nitrogen and oxygen atoms in total. The number of halogens is 1. The molecule has 1 atom stereocenters. The van der Waals surface area contributed by atoms with Gasteiger partial charge in [-0.25, -0.2) is 4.98 Å². The van der Waals surface area contributed by atoms with E-state index in [9.17, 15) is 4.79 Å². The van der Waals surface area contributed by atoms with Gasteiger partial charge in [0.15, 0.2) is 0 Å². The molecule has 2 aromatic heterocycles. The van der Waals surface area contributed by atoms with Crippen molar-refractivity contribution < 1.29 is 4.79 Å². The van der Waals surface area contributed by atoms with Crippen LogP contribution < -0.4 is 0 Å². The molecular formula is C19H19ClN4O. The number of likely N-dealkylation sites (tertiary alicyclic amines) is 1. The fourth-order valence-corrected chi connectivity index (χ4v) is 3.74. The molecule has 6 heteroatoms. The summed E-state index contributed by atoms with van der Waals surface area (Å²) in [4.78, 5) is 27.2. The Kier molecular flexibility index (Phi) is 4.17. The first kappa shape index (κ1) is 16.1. The largest absolute Gasteiger partial charge is 0.348 e. The Morgan fingerprint density at radius 1 is 1.36 bits per heavy atom. The molecule has 25 heavy (non-hydrogen) atoms. The van der Waals surface area contributed by atoms with E-state index < -0.39 is 0 Å². The molecule has 3 aromatic rings. The summed E-state index contributed by atoms with van der Waals surface area (Å²) in [5, 5.41) is 1.42. The number of nitrogens with one attached hydrogen (secondary N) is 1. The number of carbonyl (C=O) groups is 1. The summed E-state index contributed by atoms with van der Waals surface area (Å²) in [5.74, 6) is 1.25. The number of aromatic nitrogens is 3. The van der Waals surface area contributed by atoms with Gasteiger partial charge in [-0.1, -0.05) is 11.6 Å². The molecule has 4 rings (SSSR count). The van der Waals surface area contributed by atoms with Gasteiger partial charge < -0.3 is 9.88 Å². The fraction of sp³-hybridized carbons (Fsp3) is 0.316. The van der Waals surface area contributed by atoms with Crippen LogP contribution in [0.5, 0.6) is 0 Å². The van der Waals surface area contributed by atoms with E-state index >= 15 is 0 Å². The Balaban J connectivity index is 1.68. The van der Waals surface area contributed by atoms with Crippen LogP contribution in [0.15, 0.2) is 36.7 Å². The standard InChI is InChI=1S/C19H19ClN4O/c1-12-9-16(15-10-14(20)4-5-17(15)23-12)19(25)24-8-2-3-13(11-24)18-21-6-7-22-18/h4-7,9-10,13H,2-3,8,11H2,1H3,(H,21,22)/t13-/m0/s1. The SMILES string of the molecule is Cc1cc(C(=O)N2CCC[C@H](c3ncc[nH]3)C2)c2cc(Cl)ccc2n1. The first-order valence-corrected chi connectivity index (χ1v) is 8.85. The van der Waals surface area contributed by atoms with Crippen molar-refractivity contribution in [2.24, 2.45) is 0 Å². The molecule has 1 aliphatic rings. The zero-order chi connectivity index (χ0) is 17.4. The summed E-state index contributed by atoms with van der Waals surface area (Å²) >= 11 is 6.15. The van der Waals surface area contributed by atoms with Crippen LogP contribution in [-0.4, -0.2) is 38.8 Å². The lowest BCUT2D eigenvalue weighted by atomic mass is 9.96. The first-order chi connectivity index (χ1) is 12.1.